The summed E-state index contributed by atoms with van der Waals surface area (Å²) in [7, 11) is 0. The molecule has 1 aromatic heterocycles. The highest BCUT2D eigenvalue weighted by Crippen LogP contribution is 2.17. The fraction of sp³-hybridized carbons (Fsp3) is 0.714. The van der Waals surface area contributed by atoms with Gasteiger partial charge in [-0.1, -0.05) is 29.8 Å². The first-order valence-corrected chi connectivity index (χ1v) is 4.74. The fourth-order valence-electron chi connectivity index (χ4n) is 0.664. The minimum atomic E-state index is -0.0607. The zero-order chi connectivity index (χ0) is 8.81. The summed E-state index contributed by atoms with van der Waals surface area (Å²) in [5.41, 5.74) is 0. The maximum Gasteiger partial charge on any atom is 0.294 e. The first-order chi connectivity index (χ1) is 5.86. The van der Waals surface area contributed by atoms with Gasteiger partial charge in [0.25, 0.3) is 5.19 Å². The van der Waals surface area contributed by atoms with Crippen molar-refractivity contribution in [3.63, 3.8) is 0 Å². The van der Waals surface area contributed by atoms with Crippen LogP contribution >= 0.6 is 11.3 Å². The minimum Gasteiger partial charge on any atom is -0.469 e. The summed E-state index contributed by atoms with van der Waals surface area (Å²) in [6.45, 7) is 2.72. The third kappa shape index (κ3) is 2.75. The molecule has 68 valence electrons. The maximum atomic E-state index is 8.67. The number of unbranched alkanes of at least 4 members (excludes halogenated alkanes) is 1. The Morgan fingerprint density at radius 2 is 2.33 bits per heavy atom. The Bertz CT molecular complexity index is 227. The second-order valence-electron chi connectivity index (χ2n) is 2.32. The van der Waals surface area contributed by atoms with Gasteiger partial charge in [-0.15, -0.1) is 5.10 Å². The van der Waals surface area contributed by atoms with Gasteiger partial charge >= 0.3 is 0 Å². The summed E-state index contributed by atoms with van der Waals surface area (Å²) in [6.07, 6.45) is 2.12. The van der Waals surface area contributed by atoms with Crippen LogP contribution < -0.4 is 4.74 Å². The predicted octanol–water partition coefficient (Wildman–Crippen LogP) is 1.21. The van der Waals surface area contributed by atoms with E-state index in [0.29, 0.717) is 16.8 Å². The van der Waals surface area contributed by atoms with Gasteiger partial charge in [-0.05, 0) is 6.42 Å². The lowest BCUT2D eigenvalue weighted by Crippen LogP contribution is -1.95. The molecular weight excluding hydrogens is 176 g/mol. The first-order valence-electron chi connectivity index (χ1n) is 3.93. The van der Waals surface area contributed by atoms with Crippen molar-refractivity contribution in [3.8, 4) is 5.19 Å². The fourth-order valence-corrected chi connectivity index (χ4v) is 1.24. The van der Waals surface area contributed by atoms with Crippen LogP contribution in [0.1, 0.15) is 24.8 Å². The van der Waals surface area contributed by atoms with E-state index < -0.39 is 0 Å². The average molecular weight is 188 g/mol. The summed E-state index contributed by atoms with van der Waals surface area (Å²) in [5.74, 6) is 0. The summed E-state index contributed by atoms with van der Waals surface area (Å²) < 4.78 is 5.26. The second kappa shape index (κ2) is 5.05. The normalized spacial score (nSPS) is 10.2. The quantitative estimate of drug-likeness (QED) is 0.706. The van der Waals surface area contributed by atoms with E-state index >= 15 is 0 Å². The van der Waals surface area contributed by atoms with E-state index in [2.05, 4.69) is 17.1 Å². The summed E-state index contributed by atoms with van der Waals surface area (Å²) in [5, 5.41) is 17.3. The number of aliphatic hydroxyl groups is 1. The molecule has 0 spiro atoms. The van der Waals surface area contributed by atoms with Crippen LogP contribution in [0.25, 0.3) is 0 Å². The number of aliphatic hydroxyl groups excluding tert-OH is 1. The van der Waals surface area contributed by atoms with Crippen LogP contribution in [-0.2, 0) is 6.61 Å². The standard InChI is InChI=1S/C7H12N2O2S/c1-2-3-4-11-7-9-8-6(5-10)12-7/h10H,2-5H2,1H3. The highest BCUT2D eigenvalue weighted by molar-refractivity contribution is 7.13. The van der Waals surface area contributed by atoms with Crippen LogP contribution in [0.4, 0.5) is 0 Å². The molecule has 5 heteroatoms. The largest absolute Gasteiger partial charge is 0.469 e. The summed E-state index contributed by atoms with van der Waals surface area (Å²) in [4.78, 5) is 0. The average Bonchev–Trinajstić information content (AvgIpc) is 2.53. The van der Waals surface area contributed by atoms with Crippen molar-refractivity contribution in [2.75, 3.05) is 6.61 Å². The molecule has 0 unspecified atom stereocenters. The van der Waals surface area contributed by atoms with E-state index in [0.717, 1.165) is 12.8 Å². The van der Waals surface area contributed by atoms with Gasteiger partial charge in [-0.2, -0.15) is 0 Å². The minimum absolute atomic E-state index is 0.0607. The molecule has 1 rings (SSSR count). The molecule has 12 heavy (non-hydrogen) atoms. The van der Waals surface area contributed by atoms with Crippen molar-refractivity contribution < 1.29 is 9.84 Å². The molecule has 1 N–H and O–H groups in total. The molecule has 1 heterocycles. The molecule has 0 aromatic carbocycles. The molecule has 0 bridgehead atoms. The molecule has 0 saturated heterocycles. The number of hydrogen-bond acceptors (Lipinski definition) is 5. The van der Waals surface area contributed by atoms with Crippen LogP contribution in [0.3, 0.4) is 0 Å². The van der Waals surface area contributed by atoms with Gasteiger partial charge < -0.3 is 9.84 Å². The van der Waals surface area contributed by atoms with Crippen LogP contribution in [0.15, 0.2) is 0 Å². The second-order valence-corrected chi connectivity index (χ2v) is 3.35. The molecule has 0 aliphatic rings. The lowest BCUT2D eigenvalue weighted by atomic mass is 10.4. The van der Waals surface area contributed by atoms with Gasteiger partial charge in [0.05, 0.1) is 13.2 Å². The number of ether oxygens (including phenoxy) is 1. The van der Waals surface area contributed by atoms with Crippen molar-refractivity contribution in [1.82, 2.24) is 10.2 Å². The van der Waals surface area contributed by atoms with Crippen molar-refractivity contribution in [1.29, 1.82) is 0 Å². The topological polar surface area (TPSA) is 55.2 Å². The van der Waals surface area contributed by atoms with Crippen molar-refractivity contribution in [2.24, 2.45) is 0 Å². The number of hydrogen-bond donors (Lipinski definition) is 1. The van der Waals surface area contributed by atoms with E-state index in [1.54, 1.807) is 0 Å². The van der Waals surface area contributed by atoms with E-state index in [9.17, 15) is 0 Å². The Morgan fingerprint density at radius 3 is 2.92 bits per heavy atom. The van der Waals surface area contributed by atoms with Crippen LogP contribution in [0, 0.1) is 0 Å². The van der Waals surface area contributed by atoms with Gasteiger partial charge in [0.15, 0.2) is 0 Å². The van der Waals surface area contributed by atoms with Crippen LogP contribution in [0.2, 0.25) is 0 Å². The highest BCUT2D eigenvalue weighted by Gasteiger charge is 2.02. The predicted molar refractivity (Wildman–Crippen MR) is 46.2 cm³/mol. The third-order valence-corrected chi connectivity index (χ3v) is 2.13. The van der Waals surface area contributed by atoms with Gasteiger partial charge in [-0.25, -0.2) is 0 Å². The number of rotatable bonds is 5. The summed E-state index contributed by atoms with van der Waals surface area (Å²) >= 11 is 1.29. The Morgan fingerprint density at radius 1 is 1.50 bits per heavy atom. The molecule has 0 fully saturated rings. The molecular formula is C7H12N2O2S. The van der Waals surface area contributed by atoms with Gasteiger partial charge in [0.2, 0.25) is 0 Å². The molecule has 0 aliphatic heterocycles. The van der Waals surface area contributed by atoms with Gasteiger partial charge in [0, 0.05) is 0 Å². The molecule has 0 atom stereocenters. The van der Waals surface area contributed by atoms with Crippen molar-refractivity contribution in [3.05, 3.63) is 5.01 Å². The third-order valence-electron chi connectivity index (χ3n) is 1.31. The molecule has 0 aliphatic carbocycles. The summed E-state index contributed by atoms with van der Waals surface area (Å²) in [6, 6.07) is 0. The molecule has 0 amide bonds. The van der Waals surface area contributed by atoms with E-state index in [-0.39, 0.29) is 6.61 Å². The zero-order valence-electron chi connectivity index (χ0n) is 6.99. The lowest BCUT2D eigenvalue weighted by molar-refractivity contribution is 0.280. The zero-order valence-corrected chi connectivity index (χ0v) is 7.80. The maximum absolute atomic E-state index is 8.67. The molecule has 4 nitrogen and oxygen atoms in total. The molecule has 0 saturated carbocycles. The SMILES string of the molecule is CCCCOc1nnc(CO)s1. The smallest absolute Gasteiger partial charge is 0.294 e. The van der Waals surface area contributed by atoms with Crippen molar-refractivity contribution in [2.45, 2.75) is 26.4 Å². The Balaban J connectivity index is 2.31. The van der Waals surface area contributed by atoms with Gasteiger partial charge in [0.1, 0.15) is 5.01 Å². The lowest BCUT2D eigenvalue weighted by Gasteiger charge is -1.97. The van der Waals surface area contributed by atoms with E-state index in [4.69, 9.17) is 9.84 Å². The Labute approximate surface area is 75.2 Å². The van der Waals surface area contributed by atoms with Crippen LogP contribution in [0.5, 0.6) is 5.19 Å². The van der Waals surface area contributed by atoms with E-state index in [1.165, 1.54) is 11.3 Å². The molecule has 1 aromatic rings. The Hall–Kier alpha value is -0.680. The van der Waals surface area contributed by atoms with Gasteiger partial charge in [-0.3, -0.25) is 0 Å². The van der Waals surface area contributed by atoms with Crippen LogP contribution in [-0.4, -0.2) is 21.9 Å². The first kappa shape index (κ1) is 9.41. The van der Waals surface area contributed by atoms with Crippen molar-refractivity contribution >= 4 is 11.3 Å². The molecule has 0 radical (unpaired) electrons. The Kier molecular flexibility index (Phi) is 3.96. The number of aromatic nitrogens is 2. The monoisotopic (exact) mass is 188 g/mol. The number of nitrogens with zero attached hydrogens (tertiary/aromatic N) is 2. The highest BCUT2D eigenvalue weighted by atomic mass is 32.1. The van der Waals surface area contributed by atoms with E-state index in [1.807, 2.05) is 0 Å².